The molecule has 0 saturated carbocycles. The number of piperidine rings is 2. The molecule has 17 heteroatoms. The number of aromatic nitrogens is 1. The van der Waals surface area contributed by atoms with Gasteiger partial charge in [0, 0.05) is 25.2 Å². The topological polar surface area (TPSA) is 124 Å². The SMILES string of the molecule is Cc1cccc(CN2CCCC3(CN(Cc4ccco4)CC(F)(F)C3)C2=O)n1.O=C(O)C(F)(F)F.O=C(O)C(F)(F)F. The second kappa shape index (κ2) is 13.5. The number of halogens is 8. The van der Waals surface area contributed by atoms with Crippen LogP contribution in [-0.4, -0.2) is 80.8 Å². The summed E-state index contributed by atoms with van der Waals surface area (Å²) in [6, 6.07) is 9.20. The van der Waals surface area contributed by atoms with Crippen molar-refractivity contribution in [3.8, 4) is 0 Å². The molecular formula is C25H27F8N3O6. The Morgan fingerprint density at radius 3 is 2.07 bits per heavy atom. The van der Waals surface area contributed by atoms with Crippen LogP contribution in [0.3, 0.4) is 0 Å². The van der Waals surface area contributed by atoms with Crippen LogP contribution in [0.25, 0.3) is 0 Å². The number of carboxylic acids is 2. The van der Waals surface area contributed by atoms with Gasteiger partial charge in [0.05, 0.1) is 37.0 Å². The summed E-state index contributed by atoms with van der Waals surface area (Å²) < 4.78 is 98.1. The molecule has 1 atom stereocenters. The largest absolute Gasteiger partial charge is 0.490 e. The zero-order valence-corrected chi connectivity index (χ0v) is 22.0. The predicted molar refractivity (Wildman–Crippen MR) is 127 cm³/mol. The number of aliphatic carboxylic acids is 2. The molecule has 1 spiro atoms. The van der Waals surface area contributed by atoms with Crippen LogP contribution >= 0.6 is 0 Å². The summed E-state index contributed by atoms with van der Waals surface area (Å²) in [6.45, 7) is 3.13. The van der Waals surface area contributed by atoms with Gasteiger partial charge in [0.15, 0.2) is 0 Å². The van der Waals surface area contributed by atoms with E-state index in [0.717, 1.165) is 17.8 Å². The molecule has 234 valence electrons. The van der Waals surface area contributed by atoms with E-state index in [1.165, 1.54) is 6.26 Å². The summed E-state index contributed by atoms with van der Waals surface area (Å²) in [7, 11) is 0. The van der Waals surface area contributed by atoms with Crippen molar-refractivity contribution in [3.05, 3.63) is 53.7 Å². The quantitative estimate of drug-likeness (QED) is 0.465. The van der Waals surface area contributed by atoms with E-state index in [1.807, 2.05) is 25.1 Å². The number of rotatable bonds is 4. The number of carboxylic acid groups (broad SMARTS) is 2. The molecule has 4 heterocycles. The van der Waals surface area contributed by atoms with Crippen molar-refractivity contribution in [1.29, 1.82) is 0 Å². The van der Waals surface area contributed by atoms with Crippen LogP contribution in [0.15, 0.2) is 41.0 Å². The average molecular weight is 617 g/mol. The minimum absolute atomic E-state index is 0.175. The molecule has 2 aromatic rings. The number of likely N-dealkylation sites (tertiary alicyclic amines) is 2. The molecule has 2 aliphatic heterocycles. The van der Waals surface area contributed by atoms with E-state index < -0.39 is 35.6 Å². The molecule has 0 aromatic carbocycles. The van der Waals surface area contributed by atoms with Crippen LogP contribution in [0.5, 0.6) is 0 Å². The van der Waals surface area contributed by atoms with Gasteiger partial charge < -0.3 is 19.5 Å². The maximum absolute atomic E-state index is 14.6. The molecule has 4 rings (SSSR count). The highest BCUT2D eigenvalue weighted by atomic mass is 19.4. The average Bonchev–Trinajstić information content (AvgIpc) is 3.34. The minimum atomic E-state index is -5.08. The molecule has 9 nitrogen and oxygen atoms in total. The van der Waals surface area contributed by atoms with E-state index in [1.54, 1.807) is 21.9 Å². The molecule has 1 amide bonds. The van der Waals surface area contributed by atoms with Crippen LogP contribution in [0.4, 0.5) is 35.1 Å². The van der Waals surface area contributed by atoms with Gasteiger partial charge in [-0.1, -0.05) is 6.07 Å². The van der Waals surface area contributed by atoms with Crippen molar-refractivity contribution in [1.82, 2.24) is 14.8 Å². The first-order chi connectivity index (χ1) is 19.2. The minimum Gasteiger partial charge on any atom is -0.475 e. The number of carbonyl (C=O) groups excluding carboxylic acids is 1. The number of hydrogen-bond donors (Lipinski definition) is 2. The Kier molecular flexibility index (Phi) is 11.1. The Morgan fingerprint density at radius 1 is 0.976 bits per heavy atom. The van der Waals surface area contributed by atoms with E-state index in [-0.39, 0.29) is 25.4 Å². The van der Waals surface area contributed by atoms with E-state index in [9.17, 15) is 39.9 Å². The highest BCUT2D eigenvalue weighted by Gasteiger charge is 2.55. The lowest BCUT2D eigenvalue weighted by molar-refractivity contribution is -0.193. The third-order valence-corrected chi connectivity index (χ3v) is 6.15. The summed E-state index contributed by atoms with van der Waals surface area (Å²) in [5.41, 5.74) is 0.627. The normalized spacial score (nSPS) is 20.7. The predicted octanol–water partition coefficient (Wildman–Crippen LogP) is 4.90. The van der Waals surface area contributed by atoms with E-state index in [0.29, 0.717) is 31.8 Å². The zero-order valence-electron chi connectivity index (χ0n) is 22.0. The standard InChI is InChI=1S/C21H25F2N3O2.2C2HF3O2/c1-16-5-2-6-17(24-16)11-26-9-4-8-20(19(26)27)13-21(22,23)15-25(14-20)12-18-7-3-10-28-18;2*3-2(4,5)1(6)7/h2-3,5-7,10H,4,8-9,11-15H2,1H3;2*(H,6,7). The number of alkyl halides is 8. The van der Waals surface area contributed by atoms with Gasteiger partial charge in [-0.2, -0.15) is 26.3 Å². The van der Waals surface area contributed by atoms with Crippen molar-refractivity contribution >= 4 is 17.8 Å². The van der Waals surface area contributed by atoms with E-state index in [2.05, 4.69) is 4.98 Å². The maximum Gasteiger partial charge on any atom is 0.490 e. The zero-order chi connectivity index (χ0) is 31.9. The third-order valence-electron chi connectivity index (χ3n) is 6.15. The van der Waals surface area contributed by atoms with E-state index >= 15 is 0 Å². The number of hydrogen-bond acceptors (Lipinski definition) is 6. The van der Waals surface area contributed by atoms with Gasteiger partial charge in [-0.25, -0.2) is 18.4 Å². The molecule has 42 heavy (non-hydrogen) atoms. The molecule has 2 N–H and O–H groups in total. The molecule has 2 fully saturated rings. The molecule has 0 aliphatic carbocycles. The molecule has 0 radical (unpaired) electrons. The lowest BCUT2D eigenvalue weighted by Crippen LogP contribution is -2.60. The molecule has 1 unspecified atom stereocenters. The van der Waals surface area contributed by atoms with Gasteiger partial charge in [-0.3, -0.25) is 14.7 Å². The van der Waals surface area contributed by atoms with Gasteiger partial charge in [-0.05, 0) is 44.0 Å². The van der Waals surface area contributed by atoms with Crippen LogP contribution in [-0.2, 0) is 27.5 Å². The summed E-state index contributed by atoms with van der Waals surface area (Å²) >= 11 is 0. The van der Waals surface area contributed by atoms with Crippen molar-refractivity contribution in [2.75, 3.05) is 19.6 Å². The second-order valence-electron chi connectivity index (χ2n) is 9.74. The Bertz CT molecular complexity index is 1200. The first kappa shape index (κ1) is 34.4. The van der Waals surface area contributed by atoms with Gasteiger partial charge in [0.2, 0.25) is 5.91 Å². The van der Waals surface area contributed by atoms with E-state index in [4.69, 9.17) is 24.2 Å². The van der Waals surface area contributed by atoms with Gasteiger partial charge in [0.25, 0.3) is 5.92 Å². The van der Waals surface area contributed by atoms with Crippen molar-refractivity contribution < 1.29 is 64.1 Å². The molecule has 0 bridgehead atoms. The van der Waals surface area contributed by atoms with Crippen LogP contribution in [0, 0.1) is 12.3 Å². The van der Waals surface area contributed by atoms with Crippen molar-refractivity contribution in [2.24, 2.45) is 5.41 Å². The number of carbonyl (C=O) groups is 3. The molecule has 2 saturated heterocycles. The fraction of sp³-hybridized carbons (Fsp3) is 0.520. The van der Waals surface area contributed by atoms with Gasteiger partial charge in [-0.15, -0.1) is 0 Å². The van der Waals surface area contributed by atoms with Crippen molar-refractivity contribution in [3.63, 3.8) is 0 Å². The van der Waals surface area contributed by atoms with Gasteiger partial charge in [0.1, 0.15) is 5.76 Å². The third kappa shape index (κ3) is 10.3. The summed E-state index contributed by atoms with van der Waals surface area (Å²) in [5.74, 6) is -7.95. The van der Waals surface area contributed by atoms with Crippen LogP contribution in [0.1, 0.15) is 36.4 Å². The Morgan fingerprint density at radius 2 is 1.57 bits per heavy atom. The summed E-state index contributed by atoms with van der Waals surface area (Å²) in [5, 5.41) is 14.2. The smallest absolute Gasteiger partial charge is 0.475 e. The van der Waals surface area contributed by atoms with Crippen molar-refractivity contribution in [2.45, 2.75) is 57.6 Å². The summed E-state index contributed by atoms with van der Waals surface area (Å²) in [4.78, 5) is 39.0. The fourth-order valence-corrected chi connectivity index (χ4v) is 4.65. The first-order valence-electron chi connectivity index (χ1n) is 12.2. The number of furan rings is 1. The summed E-state index contributed by atoms with van der Waals surface area (Å²) in [6.07, 6.45) is -7.79. The molecule has 2 aliphatic rings. The fourth-order valence-electron chi connectivity index (χ4n) is 4.65. The lowest BCUT2D eigenvalue weighted by atomic mass is 9.71. The Labute approximate surface area is 233 Å². The monoisotopic (exact) mass is 617 g/mol. The molecule has 2 aromatic heterocycles. The van der Waals surface area contributed by atoms with Crippen LogP contribution in [0.2, 0.25) is 0 Å². The highest BCUT2D eigenvalue weighted by molar-refractivity contribution is 5.84. The number of pyridine rings is 1. The number of amides is 1. The Balaban J connectivity index is 0.000000367. The second-order valence-corrected chi connectivity index (χ2v) is 9.74. The number of nitrogens with zero attached hydrogens (tertiary/aromatic N) is 3. The molecular weight excluding hydrogens is 590 g/mol. The highest BCUT2D eigenvalue weighted by Crippen LogP contribution is 2.45. The first-order valence-corrected chi connectivity index (χ1v) is 12.2. The van der Waals surface area contributed by atoms with Crippen LogP contribution < -0.4 is 0 Å². The lowest BCUT2D eigenvalue weighted by Gasteiger charge is -2.49. The maximum atomic E-state index is 14.6. The Hall–Kier alpha value is -3.76. The number of aryl methyl sites for hydroxylation is 1. The van der Waals surface area contributed by atoms with Gasteiger partial charge >= 0.3 is 24.3 Å².